The van der Waals surface area contributed by atoms with Crippen molar-refractivity contribution in [3.05, 3.63) is 21.9 Å². The Morgan fingerprint density at radius 1 is 1.42 bits per heavy atom. The van der Waals surface area contributed by atoms with Gasteiger partial charge in [0.05, 0.1) is 6.42 Å². The van der Waals surface area contributed by atoms with Gasteiger partial charge in [0.1, 0.15) is 0 Å². The Morgan fingerprint density at radius 3 is 2.74 bits per heavy atom. The number of piperidine rings is 1. The Bertz CT molecular complexity index is 410. The molecule has 1 aliphatic heterocycles. The third kappa shape index (κ3) is 4.05. The van der Waals surface area contributed by atoms with Gasteiger partial charge in [-0.2, -0.15) is 0 Å². The summed E-state index contributed by atoms with van der Waals surface area (Å²) in [6.45, 7) is 7.21. The first-order chi connectivity index (χ1) is 9.20. The van der Waals surface area contributed by atoms with Crippen LogP contribution in [0.4, 0.5) is 0 Å². The lowest BCUT2D eigenvalue weighted by Crippen LogP contribution is -2.47. The molecule has 0 bridgehead atoms. The Hall–Kier alpha value is -0.870. The first-order valence-corrected chi connectivity index (χ1v) is 8.08. The van der Waals surface area contributed by atoms with Crippen LogP contribution in [0, 0.1) is 6.92 Å². The van der Waals surface area contributed by atoms with Gasteiger partial charge in [-0.25, -0.2) is 0 Å². The average molecular weight is 280 g/mol. The topological polar surface area (TPSA) is 32.3 Å². The molecule has 0 spiro atoms. The molecule has 106 valence electrons. The first-order valence-electron chi connectivity index (χ1n) is 7.26. The van der Waals surface area contributed by atoms with E-state index >= 15 is 0 Å². The molecule has 1 N–H and O–H groups in total. The summed E-state index contributed by atoms with van der Waals surface area (Å²) in [7, 11) is 0. The van der Waals surface area contributed by atoms with E-state index in [2.05, 4.69) is 36.2 Å². The molecule has 3 nitrogen and oxygen atoms in total. The van der Waals surface area contributed by atoms with Crippen LogP contribution in [0.15, 0.2) is 12.1 Å². The second-order valence-electron chi connectivity index (χ2n) is 5.26. The van der Waals surface area contributed by atoms with Crippen molar-refractivity contribution < 1.29 is 4.79 Å². The maximum Gasteiger partial charge on any atom is 0.228 e. The van der Waals surface area contributed by atoms with Gasteiger partial charge in [-0.1, -0.05) is 6.92 Å². The highest BCUT2D eigenvalue weighted by molar-refractivity contribution is 7.12. The lowest BCUT2D eigenvalue weighted by molar-refractivity contribution is -0.133. The number of aryl methyl sites for hydroxylation is 1. The summed E-state index contributed by atoms with van der Waals surface area (Å²) in [5.74, 6) is 0.301. The maximum atomic E-state index is 12.5. The van der Waals surface area contributed by atoms with Crippen LogP contribution in [0.25, 0.3) is 0 Å². The fourth-order valence-electron chi connectivity index (χ4n) is 2.70. The van der Waals surface area contributed by atoms with Crippen molar-refractivity contribution >= 4 is 17.2 Å². The summed E-state index contributed by atoms with van der Waals surface area (Å²) in [4.78, 5) is 17.1. The molecule has 2 heterocycles. The smallest absolute Gasteiger partial charge is 0.228 e. The minimum Gasteiger partial charge on any atom is -0.339 e. The van der Waals surface area contributed by atoms with Crippen LogP contribution < -0.4 is 5.32 Å². The maximum absolute atomic E-state index is 12.5. The van der Waals surface area contributed by atoms with E-state index in [0.29, 0.717) is 18.4 Å². The molecule has 19 heavy (non-hydrogen) atoms. The number of hydrogen-bond donors (Lipinski definition) is 1. The van der Waals surface area contributed by atoms with E-state index in [0.717, 1.165) is 38.9 Å². The zero-order chi connectivity index (χ0) is 13.7. The van der Waals surface area contributed by atoms with E-state index in [1.54, 1.807) is 11.3 Å². The minimum absolute atomic E-state index is 0.301. The van der Waals surface area contributed by atoms with E-state index in [1.807, 2.05) is 0 Å². The molecule has 1 fully saturated rings. The average Bonchev–Trinajstić information content (AvgIpc) is 2.82. The van der Waals surface area contributed by atoms with Gasteiger partial charge in [0.2, 0.25) is 5.91 Å². The standard InChI is InChI=1S/C15H24N2OS/c1-3-10-17(13-6-8-16-9-7-13)15(18)11-14-5-4-12(2)19-14/h4-5,13,16H,3,6-11H2,1-2H3. The summed E-state index contributed by atoms with van der Waals surface area (Å²) in [6.07, 6.45) is 3.80. The van der Waals surface area contributed by atoms with Crippen LogP contribution in [-0.2, 0) is 11.2 Å². The zero-order valence-electron chi connectivity index (χ0n) is 11.9. The molecule has 1 aliphatic rings. The predicted octanol–water partition coefficient (Wildman–Crippen LogP) is 2.59. The summed E-state index contributed by atoms with van der Waals surface area (Å²) < 4.78 is 0. The molecule has 0 radical (unpaired) electrons. The van der Waals surface area contributed by atoms with Crippen LogP contribution in [0.5, 0.6) is 0 Å². The number of nitrogens with zero attached hydrogens (tertiary/aromatic N) is 1. The van der Waals surface area contributed by atoms with Gasteiger partial charge >= 0.3 is 0 Å². The third-order valence-corrected chi connectivity index (χ3v) is 4.66. The number of carbonyl (C=O) groups is 1. The van der Waals surface area contributed by atoms with Crippen LogP contribution in [0.3, 0.4) is 0 Å². The fourth-order valence-corrected chi connectivity index (χ4v) is 3.58. The highest BCUT2D eigenvalue weighted by atomic mass is 32.1. The highest BCUT2D eigenvalue weighted by Gasteiger charge is 2.24. The van der Waals surface area contributed by atoms with Gasteiger partial charge in [-0.15, -0.1) is 11.3 Å². The Labute approximate surface area is 120 Å². The Kier molecular flexibility index (Phi) is 5.40. The quantitative estimate of drug-likeness (QED) is 0.899. The van der Waals surface area contributed by atoms with Crippen LogP contribution in [-0.4, -0.2) is 36.5 Å². The lowest BCUT2D eigenvalue weighted by Gasteiger charge is -2.34. The van der Waals surface area contributed by atoms with Crippen molar-refractivity contribution in [3.63, 3.8) is 0 Å². The van der Waals surface area contributed by atoms with E-state index in [9.17, 15) is 4.79 Å². The SMILES string of the molecule is CCCN(C(=O)Cc1ccc(C)s1)C1CCNCC1. The molecular weight excluding hydrogens is 256 g/mol. The molecular formula is C15H24N2OS. The van der Waals surface area contributed by atoms with Gasteiger partial charge in [-0.05, 0) is 51.4 Å². The molecule has 1 aromatic heterocycles. The molecule has 0 atom stereocenters. The molecule has 1 amide bonds. The first kappa shape index (κ1) is 14.5. The van der Waals surface area contributed by atoms with Crippen molar-refractivity contribution in [1.82, 2.24) is 10.2 Å². The van der Waals surface area contributed by atoms with Gasteiger partial charge in [0.15, 0.2) is 0 Å². The van der Waals surface area contributed by atoms with Crippen molar-refractivity contribution in [2.75, 3.05) is 19.6 Å². The zero-order valence-corrected chi connectivity index (χ0v) is 12.8. The summed E-state index contributed by atoms with van der Waals surface area (Å²) in [5, 5.41) is 3.37. The number of carbonyl (C=O) groups excluding carboxylic acids is 1. The predicted molar refractivity (Wildman–Crippen MR) is 80.7 cm³/mol. The number of rotatable bonds is 5. The van der Waals surface area contributed by atoms with Gasteiger partial charge in [-0.3, -0.25) is 4.79 Å². The molecule has 0 aliphatic carbocycles. The molecule has 4 heteroatoms. The summed E-state index contributed by atoms with van der Waals surface area (Å²) in [6, 6.07) is 4.63. The number of nitrogens with one attached hydrogen (secondary N) is 1. The van der Waals surface area contributed by atoms with Gasteiger partial charge in [0, 0.05) is 22.3 Å². The molecule has 0 aromatic carbocycles. The normalized spacial score (nSPS) is 16.5. The molecule has 0 saturated carbocycles. The second kappa shape index (κ2) is 7.06. The van der Waals surface area contributed by atoms with Gasteiger partial charge in [0.25, 0.3) is 0 Å². The molecule has 1 saturated heterocycles. The fraction of sp³-hybridized carbons (Fsp3) is 0.667. The van der Waals surface area contributed by atoms with Crippen molar-refractivity contribution in [3.8, 4) is 0 Å². The summed E-state index contributed by atoms with van der Waals surface area (Å²) >= 11 is 1.74. The van der Waals surface area contributed by atoms with Crippen LogP contribution in [0.2, 0.25) is 0 Å². The van der Waals surface area contributed by atoms with Crippen LogP contribution >= 0.6 is 11.3 Å². The number of thiophene rings is 1. The largest absolute Gasteiger partial charge is 0.339 e. The minimum atomic E-state index is 0.301. The van der Waals surface area contributed by atoms with Crippen LogP contribution in [0.1, 0.15) is 35.9 Å². The Morgan fingerprint density at radius 2 is 2.16 bits per heavy atom. The van der Waals surface area contributed by atoms with Crippen molar-refractivity contribution in [2.45, 2.75) is 45.6 Å². The van der Waals surface area contributed by atoms with E-state index < -0.39 is 0 Å². The summed E-state index contributed by atoms with van der Waals surface area (Å²) in [5.41, 5.74) is 0. The van der Waals surface area contributed by atoms with E-state index in [-0.39, 0.29) is 0 Å². The molecule has 1 aromatic rings. The van der Waals surface area contributed by atoms with E-state index in [1.165, 1.54) is 9.75 Å². The Balaban J connectivity index is 1.98. The second-order valence-corrected chi connectivity index (χ2v) is 6.63. The third-order valence-electron chi connectivity index (χ3n) is 3.66. The van der Waals surface area contributed by atoms with Crippen molar-refractivity contribution in [1.29, 1.82) is 0 Å². The van der Waals surface area contributed by atoms with Crippen molar-refractivity contribution in [2.24, 2.45) is 0 Å². The molecule has 0 unspecified atom stereocenters. The van der Waals surface area contributed by atoms with Gasteiger partial charge < -0.3 is 10.2 Å². The van der Waals surface area contributed by atoms with E-state index in [4.69, 9.17) is 0 Å². The monoisotopic (exact) mass is 280 g/mol. The molecule has 2 rings (SSSR count). The lowest BCUT2D eigenvalue weighted by atomic mass is 10.0. The number of hydrogen-bond acceptors (Lipinski definition) is 3. The number of amides is 1. The highest BCUT2D eigenvalue weighted by Crippen LogP contribution is 2.19.